The van der Waals surface area contributed by atoms with Crippen molar-refractivity contribution in [2.24, 2.45) is 0 Å². The molecule has 1 N–H and O–H groups in total. The molecule has 78 valence electrons. The second-order valence-corrected chi connectivity index (χ2v) is 4.45. The van der Waals surface area contributed by atoms with Gasteiger partial charge in [-0.15, -0.1) is 0 Å². The van der Waals surface area contributed by atoms with Crippen LogP contribution in [-0.4, -0.2) is 48.7 Å². The summed E-state index contributed by atoms with van der Waals surface area (Å²) in [4.78, 5) is 14.1. The van der Waals surface area contributed by atoms with Gasteiger partial charge in [-0.25, -0.2) is 0 Å². The molecule has 0 radical (unpaired) electrons. The van der Waals surface area contributed by atoms with Gasteiger partial charge in [-0.05, 0) is 19.3 Å². The van der Waals surface area contributed by atoms with Gasteiger partial charge < -0.3 is 15.0 Å². The van der Waals surface area contributed by atoms with Crippen LogP contribution in [0.4, 0.5) is 0 Å². The number of carbonyl (C=O) groups excluding carboxylic acids is 1. The zero-order valence-corrected chi connectivity index (χ0v) is 8.24. The van der Waals surface area contributed by atoms with E-state index in [9.17, 15) is 4.79 Å². The average molecular weight is 196 g/mol. The minimum absolute atomic E-state index is 0.126. The first-order valence-electron chi connectivity index (χ1n) is 5.51. The van der Waals surface area contributed by atoms with E-state index < -0.39 is 0 Å². The van der Waals surface area contributed by atoms with Gasteiger partial charge in [-0.3, -0.25) is 4.79 Å². The van der Waals surface area contributed by atoms with E-state index in [1.54, 1.807) is 0 Å². The number of nitrogens with one attached hydrogen (secondary N) is 1. The molecule has 3 aliphatic heterocycles. The number of piperidine rings is 1. The monoisotopic (exact) mass is 196 g/mol. The first-order chi connectivity index (χ1) is 6.86. The van der Waals surface area contributed by atoms with E-state index in [4.69, 9.17) is 4.74 Å². The maximum atomic E-state index is 12.0. The van der Waals surface area contributed by atoms with Crippen LogP contribution < -0.4 is 5.32 Å². The number of ether oxygens (including phenoxy) is 1. The van der Waals surface area contributed by atoms with E-state index in [0.29, 0.717) is 12.1 Å². The summed E-state index contributed by atoms with van der Waals surface area (Å²) in [5, 5.41) is 3.32. The molecule has 4 nitrogen and oxygen atoms in total. The molecule has 3 aliphatic rings. The van der Waals surface area contributed by atoms with Crippen LogP contribution in [0.25, 0.3) is 0 Å². The maximum absolute atomic E-state index is 12.0. The topological polar surface area (TPSA) is 41.6 Å². The van der Waals surface area contributed by atoms with Crippen molar-refractivity contribution in [1.29, 1.82) is 0 Å². The molecule has 1 amide bonds. The summed E-state index contributed by atoms with van der Waals surface area (Å²) in [5.41, 5.74) is 0. The SMILES string of the molecule is O=C(C1CCCO1)N1C2CNCC1C2. The number of nitrogens with zero attached hydrogens (tertiary/aromatic N) is 1. The number of piperazine rings is 1. The second kappa shape index (κ2) is 3.21. The fourth-order valence-corrected chi connectivity index (χ4v) is 2.78. The summed E-state index contributed by atoms with van der Waals surface area (Å²) in [7, 11) is 0. The lowest BCUT2D eigenvalue weighted by molar-refractivity contribution is -0.157. The zero-order valence-electron chi connectivity index (χ0n) is 8.24. The number of carbonyl (C=O) groups is 1. The summed E-state index contributed by atoms with van der Waals surface area (Å²) in [6, 6.07) is 0.899. The molecule has 0 aromatic heterocycles. The van der Waals surface area contributed by atoms with Gasteiger partial charge in [0.2, 0.25) is 0 Å². The fraction of sp³-hybridized carbons (Fsp3) is 0.900. The number of fused-ring (bicyclic) bond motifs is 2. The van der Waals surface area contributed by atoms with Gasteiger partial charge >= 0.3 is 0 Å². The molecule has 3 saturated heterocycles. The maximum Gasteiger partial charge on any atom is 0.252 e. The minimum atomic E-state index is -0.126. The Morgan fingerprint density at radius 1 is 1.36 bits per heavy atom. The van der Waals surface area contributed by atoms with E-state index in [1.807, 2.05) is 4.90 Å². The molecule has 3 fully saturated rings. The number of hydrogen-bond donors (Lipinski definition) is 1. The van der Waals surface area contributed by atoms with Crippen molar-refractivity contribution in [3.63, 3.8) is 0 Å². The van der Waals surface area contributed by atoms with Crippen LogP contribution in [0.3, 0.4) is 0 Å². The molecule has 0 spiro atoms. The van der Waals surface area contributed by atoms with E-state index >= 15 is 0 Å². The molecule has 3 heterocycles. The average Bonchev–Trinajstić information content (AvgIpc) is 2.71. The van der Waals surface area contributed by atoms with Crippen LogP contribution in [0.5, 0.6) is 0 Å². The Labute approximate surface area is 83.6 Å². The van der Waals surface area contributed by atoms with Gasteiger partial charge in [0.1, 0.15) is 6.10 Å². The van der Waals surface area contributed by atoms with Gasteiger partial charge in [-0.1, -0.05) is 0 Å². The Morgan fingerprint density at radius 2 is 2.14 bits per heavy atom. The summed E-state index contributed by atoms with van der Waals surface area (Å²) >= 11 is 0. The van der Waals surface area contributed by atoms with Gasteiger partial charge in [0, 0.05) is 31.8 Å². The molecule has 3 atom stereocenters. The Morgan fingerprint density at radius 3 is 2.71 bits per heavy atom. The van der Waals surface area contributed by atoms with Crippen LogP contribution in [0.1, 0.15) is 19.3 Å². The second-order valence-electron chi connectivity index (χ2n) is 4.45. The lowest BCUT2D eigenvalue weighted by atomic mass is 9.88. The molecule has 0 aromatic rings. The molecule has 14 heavy (non-hydrogen) atoms. The number of hydrogen-bond acceptors (Lipinski definition) is 3. The molecular formula is C10H16N2O2. The quantitative estimate of drug-likeness (QED) is 0.628. The van der Waals surface area contributed by atoms with Crippen molar-refractivity contribution in [1.82, 2.24) is 10.2 Å². The van der Waals surface area contributed by atoms with Crippen LogP contribution in [-0.2, 0) is 9.53 Å². The first-order valence-corrected chi connectivity index (χ1v) is 5.51. The molecule has 0 aromatic carbocycles. The predicted molar refractivity (Wildman–Crippen MR) is 50.9 cm³/mol. The molecule has 2 bridgehead atoms. The highest BCUT2D eigenvalue weighted by molar-refractivity contribution is 5.82. The molecule has 0 saturated carbocycles. The smallest absolute Gasteiger partial charge is 0.252 e. The van der Waals surface area contributed by atoms with Crippen LogP contribution >= 0.6 is 0 Å². The van der Waals surface area contributed by atoms with Crippen molar-refractivity contribution in [3.05, 3.63) is 0 Å². The Kier molecular flexibility index (Phi) is 1.99. The molecule has 0 aliphatic carbocycles. The lowest BCUT2D eigenvalue weighted by Crippen LogP contribution is -2.70. The van der Waals surface area contributed by atoms with E-state index in [1.165, 1.54) is 6.42 Å². The third kappa shape index (κ3) is 1.17. The van der Waals surface area contributed by atoms with Crippen LogP contribution in [0.15, 0.2) is 0 Å². The van der Waals surface area contributed by atoms with E-state index in [0.717, 1.165) is 32.5 Å². The van der Waals surface area contributed by atoms with Gasteiger partial charge in [-0.2, -0.15) is 0 Å². The number of rotatable bonds is 1. The highest BCUT2D eigenvalue weighted by Crippen LogP contribution is 2.30. The highest BCUT2D eigenvalue weighted by atomic mass is 16.5. The predicted octanol–water partition coefficient (Wildman–Crippen LogP) is -0.262. The Bertz CT molecular complexity index is 237. The van der Waals surface area contributed by atoms with Gasteiger partial charge in [0.15, 0.2) is 0 Å². The van der Waals surface area contributed by atoms with Crippen molar-refractivity contribution in [3.8, 4) is 0 Å². The summed E-state index contributed by atoms with van der Waals surface area (Å²) in [6.45, 7) is 2.70. The highest BCUT2D eigenvalue weighted by Gasteiger charge is 2.46. The van der Waals surface area contributed by atoms with E-state index in [-0.39, 0.29) is 12.0 Å². The van der Waals surface area contributed by atoms with Gasteiger partial charge in [0.25, 0.3) is 5.91 Å². The third-order valence-corrected chi connectivity index (χ3v) is 3.55. The Balaban J connectivity index is 1.67. The third-order valence-electron chi connectivity index (χ3n) is 3.55. The molecule has 4 heteroatoms. The van der Waals surface area contributed by atoms with Crippen molar-refractivity contribution < 1.29 is 9.53 Å². The fourth-order valence-electron chi connectivity index (χ4n) is 2.78. The van der Waals surface area contributed by atoms with Gasteiger partial charge in [0.05, 0.1) is 0 Å². The zero-order chi connectivity index (χ0) is 9.54. The summed E-state index contributed by atoms with van der Waals surface area (Å²) in [5.74, 6) is 0.241. The summed E-state index contributed by atoms with van der Waals surface area (Å²) < 4.78 is 5.43. The standard InChI is InChI=1S/C10H16N2O2/c13-10(9-2-1-3-14-9)12-7-4-8(12)6-11-5-7/h7-9,11H,1-6H2. The van der Waals surface area contributed by atoms with Crippen LogP contribution in [0, 0.1) is 0 Å². The first kappa shape index (κ1) is 8.68. The number of amides is 1. The largest absolute Gasteiger partial charge is 0.368 e. The van der Waals surface area contributed by atoms with Crippen LogP contribution in [0.2, 0.25) is 0 Å². The van der Waals surface area contributed by atoms with Crippen molar-refractivity contribution >= 4 is 5.91 Å². The Hall–Kier alpha value is -0.610. The minimum Gasteiger partial charge on any atom is -0.368 e. The summed E-state index contributed by atoms with van der Waals surface area (Å²) in [6.07, 6.45) is 3.02. The normalized spacial score (nSPS) is 40.9. The van der Waals surface area contributed by atoms with Crippen molar-refractivity contribution in [2.45, 2.75) is 37.5 Å². The van der Waals surface area contributed by atoms with Crippen molar-refractivity contribution in [2.75, 3.05) is 19.7 Å². The van der Waals surface area contributed by atoms with E-state index in [2.05, 4.69) is 5.32 Å². The lowest BCUT2D eigenvalue weighted by Gasteiger charge is -2.53. The molecule has 3 unspecified atom stereocenters. The molecule has 3 rings (SSSR count). The molecular weight excluding hydrogens is 180 g/mol.